The molecule has 0 aliphatic rings. The number of ether oxygens (including phenoxy) is 1. The van der Waals surface area contributed by atoms with Crippen LogP contribution in [0.2, 0.25) is 0 Å². The average molecular weight is 320 g/mol. The van der Waals surface area contributed by atoms with Crippen molar-refractivity contribution in [2.75, 3.05) is 6.54 Å². The van der Waals surface area contributed by atoms with Crippen LogP contribution < -0.4 is 10.6 Å². The third kappa shape index (κ3) is 7.04. The van der Waals surface area contributed by atoms with Gasteiger partial charge in [-0.1, -0.05) is 30.7 Å². The molecule has 4 nitrogen and oxygen atoms in total. The average Bonchev–Trinajstić information content (AvgIpc) is 2.43. The van der Waals surface area contributed by atoms with Gasteiger partial charge in [0, 0.05) is 18.6 Å². The van der Waals surface area contributed by atoms with Gasteiger partial charge in [-0.15, -0.1) is 0 Å². The predicted molar refractivity (Wildman–Crippen MR) is 95.8 cm³/mol. The van der Waals surface area contributed by atoms with E-state index in [1.807, 2.05) is 20.8 Å². The number of carbonyl (C=O) groups is 1. The zero-order valence-electron chi connectivity index (χ0n) is 15.6. The van der Waals surface area contributed by atoms with Crippen LogP contribution in [-0.2, 0) is 4.74 Å². The molecule has 1 amide bonds. The summed E-state index contributed by atoms with van der Waals surface area (Å²) in [5, 5.41) is 6.45. The number of amides is 1. The van der Waals surface area contributed by atoms with Crippen LogP contribution in [0.25, 0.3) is 0 Å². The summed E-state index contributed by atoms with van der Waals surface area (Å²) in [4.78, 5) is 11.8. The SMILES string of the molecule is CCC(CNC(=O)OC(C)(C)C)NC(C)c1cc(C)ccc1C. The number of aryl methyl sites for hydroxylation is 2. The van der Waals surface area contributed by atoms with E-state index in [0.29, 0.717) is 6.54 Å². The standard InChI is InChI=1S/C19H32N2O2/c1-8-16(12-20-18(22)23-19(5,6)7)21-15(4)17-11-13(2)9-10-14(17)3/h9-11,15-16,21H,8,12H2,1-7H3,(H,20,22). The van der Waals surface area contributed by atoms with Gasteiger partial charge in [0.25, 0.3) is 0 Å². The maximum absolute atomic E-state index is 11.8. The van der Waals surface area contributed by atoms with E-state index in [0.717, 1.165) is 6.42 Å². The van der Waals surface area contributed by atoms with E-state index in [9.17, 15) is 4.79 Å². The molecular formula is C19H32N2O2. The second-order valence-electron chi connectivity index (χ2n) is 7.24. The Hall–Kier alpha value is -1.55. The maximum atomic E-state index is 11.8. The lowest BCUT2D eigenvalue weighted by Crippen LogP contribution is -2.43. The highest BCUT2D eigenvalue weighted by Crippen LogP contribution is 2.19. The van der Waals surface area contributed by atoms with Crippen LogP contribution in [0.15, 0.2) is 18.2 Å². The Morgan fingerprint density at radius 1 is 1.26 bits per heavy atom. The fourth-order valence-electron chi connectivity index (χ4n) is 2.51. The molecule has 0 saturated heterocycles. The molecule has 2 unspecified atom stereocenters. The lowest BCUT2D eigenvalue weighted by molar-refractivity contribution is 0.0521. The largest absolute Gasteiger partial charge is 0.444 e. The molecule has 130 valence electrons. The summed E-state index contributed by atoms with van der Waals surface area (Å²) in [7, 11) is 0. The molecule has 2 atom stereocenters. The molecule has 1 aromatic carbocycles. The van der Waals surface area contributed by atoms with Crippen molar-refractivity contribution < 1.29 is 9.53 Å². The first kappa shape index (κ1) is 19.5. The Kier molecular flexibility index (Phi) is 7.07. The van der Waals surface area contributed by atoms with Gasteiger partial charge in [-0.2, -0.15) is 0 Å². The normalized spacial score (nSPS) is 14.2. The van der Waals surface area contributed by atoms with Gasteiger partial charge in [-0.05, 0) is 59.1 Å². The van der Waals surface area contributed by atoms with Gasteiger partial charge < -0.3 is 15.4 Å². The first-order valence-corrected chi connectivity index (χ1v) is 8.42. The third-order valence-electron chi connectivity index (χ3n) is 3.77. The Morgan fingerprint density at radius 3 is 2.48 bits per heavy atom. The monoisotopic (exact) mass is 320 g/mol. The highest BCUT2D eigenvalue weighted by atomic mass is 16.6. The van der Waals surface area contributed by atoms with Gasteiger partial charge >= 0.3 is 6.09 Å². The molecule has 0 fully saturated rings. The topological polar surface area (TPSA) is 50.4 Å². The van der Waals surface area contributed by atoms with E-state index < -0.39 is 5.60 Å². The van der Waals surface area contributed by atoms with E-state index in [-0.39, 0.29) is 18.2 Å². The van der Waals surface area contributed by atoms with E-state index >= 15 is 0 Å². The molecule has 1 rings (SSSR count). The molecule has 0 bridgehead atoms. The summed E-state index contributed by atoms with van der Waals surface area (Å²) in [5.74, 6) is 0. The smallest absolute Gasteiger partial charge is 0.407 e. The summed E-state index contributed by atoms with van der Waals surface area (Å²) in [6.45, 7) is 14.7. The lowest BCUT2D eigenvalue weighted by atomic mass is 9.99. The quantitative estimate of drug-likeness (QED) is 0.823. The van der Waals surface area contributed by atoms with Crippen LogP contribution in [0.1, 0.15) is 63.8 Å². The number of benzene rings is 1. The second-order valence-corrected chi connectivity index (χ2v) is 7.24. The first-order valence-electron chi connectivity index (χ1n) is 8.42. The van der Waals surface area contributed by atoms with Crippen molar-refractivity contribution in [3.05, 3.63) is 34.9 Å². The summed E-state index contributed by atoms with van der Waals surface area (Å²) in [6.07, 6.45) is 0.572. The number of rotatable bonds is 6. The van der Waals surface area contributed by atoms with Gasteiger partial charge in [0.05, 0.1) is 0 Å². The maximum Gasteiger partial charge on any atom is 0.407 e. The van der Waals surface area contributed by atoms with Gasteiger partial charge in [0.1, 0.15) is 5.60 Å². The van der Waals surface area contributed by atoms with Crippen LogP contribution in [0.5, 0.6) is 0 Å². The highest BCUT2D eigenvalue weighted by molar-refractivity contribution is 5.67. The van der Waals surface area contributed by atoms with Gasteiger partial charge in [0.15, 0.2) is 0 Å². The Morgan fingerprint density at radius 2 is 1.91 bits per heavy atom. The lowest BCUT2D eigenvalue weighted by Gasteiger charge is -2.25. The highest BCUT2D eigenvalue weighted by Gasteiger charge is 2.18. The molecule has 0 spiro atoms. The molecule has 0 saturated carbocycles. The Balaban J connectivity index is 2.59. The molecule has 0 aliphatic carbocycles. The minimum Gasteiger partial charge on any atom is -0.444 e. The molecule has 0 aromatic heterocycles. The van der Waals surface area contributed by atoms with Crippen molar-refractivity contribution in [3.8, 4) is 0 Å². The van der Waals surface area contributed by atoms with Crippen molar-refractivity contribution in [3.63, 3.8) is 0 Å². The van der Waals surface area contributed by atoms with Crippen molar-refractivity contribution in [1.82, 2.24) is 10.6 Å². The molecule has 0 heterocycles. The Bertz CT molecular complexity index is 521. The van der Waals surface area contributed by atoms with E-state index in [4.69, 9.17) is 4.74 Å². The predicted octanol–water partition coefficient (Wildman–Crippen LogP) is 4.26. The molecule has 23 heavy (non-hydrogen) atoms. The molecule has 1 aromatic rings. The van der Waals surface area contributed by atoms with Crippen molar-refractivity contribution >= 4 is 6.09 Å². The van der Waals surface area contributed by atoms with Crippen LogP contribution in [-0.4, -0.2) is 24.3 Å². The van der Waals surface area contributed by atoms with E-state index in [2.05, 4.69) is 56.5 Å². The summed E-state index contributed by atoms with van der Waals surface area (Å²) < 4.78 is 5.28. The first-order chi connectivity index (χ1) is 10.6. The van der Waals surface area contributed by atoms with E-state index in [1.165, 1.54) is 16.7 Å². The molecule has 0 radical (unpaired) electrons. The van der Waals surface area contributed by atoms with Crippen molar-refractivity contribution in [2.24, 2.45) is 0 Å². The summed E-state index contributed by atoms with van der Waals surface area (Å²) >= 11 is 0. The number of nitrogens with one attached hydrogen (secondary N) is 2. The van der Waals surface area contributed by atoms with E-state index in [1.54, 1.807) is 0 Å². The summed E-state index contributed by atoms with van der Waals surface area (Å²) in [5.41, 5.74) is 3.39. The number of hydrogen-bond acceptors (Lipinski definition) is 3. The minimum atomic E-state index is -0.467. The van der Waals surface area contributed by atoms with Crippen molar-refractivity contribution in [1.29, 1.82) is 0 Å². The second kappa shape index (κ2) is 8.34. The summed E-state index contributed by atoms with van der Waals surface area (Å²) in [6, 6.07) is 6.95. The van der Waals surface area contributed by atoms with Crippen molar-refractivity contribution in [2.45, 2.75) is 72.6 Å². The number of carbonyl (C=O) groups excluding carboxylic acids is 1. The minimum absolute atomic E-state index is 0.206. The van der Waals surface area contributed by atoms with Gasteiger partial charge in [-0.3, -0.25) is 0 Å². The molecule has 0 aliphatic heterocycles. The number of hydrogen-bond donors (Lipinski definition) is 2. The fourth-order valence-corrected chi connectivity index (χ4v) is 2.51. The zero-order chi connectivity index (χ0) is 17.6. The number of alkyl carbamates (subject to hydrolysis) is 1. The van der Waals surface area contributed by atoms with Crippen LogP contribution in [0, 0.1) is 13.8 Å². The van der Waals surface area contributed by atoms with Gasteiger partial charge in [0.2, 0.25) is 0 Å². The van der Waals surface area contributed by atoms with Gasteiger partial charge in [-0.25, -0.2) is 4.79 Å². The van der Waals surface area contributed by atoms with Crippen LogP contribution in [0.4, 0.5) is 4.79 Å². The fraction of sp³-hybridized carbons (Fsp3) is 0.632. The van der Waals surface area contributed by atoms with Crippen LogP contribution in [0.3, 0.4) is 0 Å². The molecule has 4 heteroatoms. The molecular weight excluding hydrogens is 288 g/mol. The van der Waals surface area contributed by atoms with Crippen LogP contribution >= 0.6 is 0 Å². The zero-order valence-corrected chi connectivity index (χ0v) is 15.6. The Labute approximate surface area is 141 Å². The molecule has 2 N–H and O–H groups in total. The third-order valence-corrected chi connectivity index (χ3v) is 3.77.